The fourth-order valence-electron chi connectivity index (χ4n) is 5.42. The maximum Gasteiger partial charge on any atom is 0.243 e. The summed E-state index contributed by atoms with van der Waals surface area (Å²) >= 11 is 12.3. The van der Waals surface area contributed by atoms with E-state index in [9.17, 15) is 13.6 Å². The summed E-state index contributed by atoms with van der Waals surface area (Å²) in [5, 5.41) is 7.93. The Labute approximate surface area is 231 Å². The number of rotatable bonds is 7. The van der Waals surface area contributed by atoms with Crippen molar-refractivity contribution in [3.8, 4) is 0 Å². The number of anilines is 1. The summed E-state index contributed by atoms with van der Waals surface area (Å²) in [5.74, 6) is -1.09. The minimum Gasteiger partial charge on any atom is -0.368 e. The molecule has 3 aromatic carbocycles. The van der Waals surface area contributed by atoms with Gasteiger partial charge in [-0.3, -0.25) is 4.79 Å². The summed E-state index contributed by atoms with van der Waals surface area (Å²) in [5.41, 5.74) is 1.69. The standard InChI is InChI=1S/C29H30Cl2F2N4O/c30-25-9-8-24(15-26(25)31)36-10-12-37(13-11-36)28(38)29(16-20-4-2-1-3-5-20)17-23(19-35-29)34-18-21-6-7-22(32)14-27(21)33/h1-9,14-15,23,34-35H,10-13,16-19H2/t23-,29-/m0/s1. The Kier molecular flexibility index (Phi) is 8.19. The lowest BCUT2D eigenvalue weighted by Gasteiger charge is -2.41. The van der Waals surface area contributed by atoms with Gasteiger partial charge in [0.15, 0.2) is 0 Å². The number of carbonyl (C=O) groups excluding carboxylic acids is 1. The average Bonchev–Trinajstić information content (AvgIpc) is 3.34. The number of hydrogen-bond donors (Lipinski definition) is 2. The van der Waals surface area contributed by atoms with E-state index in [0.29, 0.717) is 61.2 Å². The van der Waals surface area contributed by atoms with Gasteiger partial charge in [-0.25, -0.2) is 8.78 Å². The van der Waals surface area contributed by atoms with Gasteiger partial charge in [-0.1, -0.05) is 59.6 Å². The van der Waals surface area contributed by atoms with Gasteiger partial charge in [-0.05, 0) is 42.7 Å². The van der Waals surface area contributed by atoms with Crippen LogP contribution in [0.2, 0.25) is 10.0 Å². The van der Waals surface area contributed by atoms with Crippen LogP contribution in [-0.2, 0) is 17.8 Å². The van der Waals surface area contributed by atoms with E-state index >= 15 is 0 Å². The Morgan fingerprint density at radius 2 is 1.74 bits per heavy atom. The molecule has 2 fully saturated rings. The number of nitrogens with one attached hydrogen (secondary N) is 2. The van der Waals surface area contributed by atoms with Crippen LogP contribution >= 0.6 is 23.2 Å². The Balaban J connectivity index is 1.28. The van der Waals surface area contributed by atoms with Crippen LogP contribution in [0.3, 0.4) is 0 Å². The molecule has 5 rings (SSSR count). The molecule has 38 heavy (non-hydrogen) atoms. The van der Waals surface area contributed by atoms with E-state index in [1.54, 1.807) is 6.07 Å². The first-order valence-electron chi connectivity index (χ1n) is 12.8. The molecule has 2 heterocycles. The van der Waals surface area contributed by atoms with Gasteiger partial charge in [0, 0.05) is 62.6 Å². The molecule has 0 unspecified atom stereocenters. The van der Waals surface area contributed by atoms with Gasteiger partial charge in [0.1, 0.15) is 17.2 Å². The van der Waals surface area contributed by atoms with Gasteiger partial charge in [0.05, 0.1) is 10.0 Å². The average molecular weight is 559 g/mol. The molecule has 0 radical (unpaired) electrons. The summed E-state index contributed by atoms with van der Waals surface area (Å²) in [6.45, 7) is 3.40. The van der Waals surface area contributed by atoms with Crippen LogP contribution in [0, 0.1) is 11.6 Å². The first kappa shape index (κ1) is 26.9. The Bertz CT molecular complexity index is 1290. The number of nitrogens with zero attached hydrogens (tertiary/aromatic N) is 2. The van der Waals surface area contributed by atoms with Crippen LogP contribution in [0.1, 0.15) is 17.5 Å². The third kappa shape index (κ3) is 5.96. The molecule has 0 bridgehead atoms. The van der Waals surface area contributed by atoms with Crippen molar-refractivity contribution in [2.45, 2.75) is 31.0 Å². The summed E-state index contributed by atoms with van der Waals surface area (Å²) in [6.07, 6.45) is 1.12. The largest absolute Gasteiger partial charge is 0.368 e. The summed E-state index contributed by atoms with van der Waals surface area (Å²) in [4.78, 5) is 18.2. The number of amides is 1. The van der Waals surface area contributed by atoms with E-state index in [1.807, 2.05) is 47.4 Å². The van der Waals surface area contributed by atoms with E-state index in [1.165, 1.54) is 12.1 Å². The highest BCUT2D eigenvalue weighted by Crippen LogP contribution is 2.30. The second-order valence-corrected chi connectivity index (χ2v) is 10.8. The SMILES string of the molecule is O=C(N1CCN(c2ccc(Cl)c(Cl)c2)CC1)[C@]1(Cc2ccccc2)C[C@H](NCc2ccc(F)cc2F)CN1. The molecule has 2 N–H and O–H groups in total. The van der Waals surface area contributed by atoms with Crippen LogP contribution < -0.4 is 15.5 Å². The highest BCUT2D eigenvalue weighted by atomic mass is 35.5. The monoisotopic (exact) mass is 558 g/mol. The molecular weight excluding hydrogens is 529 g/mol. The van der Waals surface area contributed by atoms with Gasteiger partial charge in [-0.2, -0.15) is 0 Å². The number of carbonyl (C=O) groups is 1. The van der Waals surface area contributed by atoms with Crippen molar-refractivity contribution in [3.05, 3.63) is 99.5 Å². The minimum atomic E-state index is -0.772. The van der Waals surface area contributed by atoms with Crippen molar-refractivity contribution in [2.24, 2.45) is 0 Å². The number of benzene rings is 3. The lowest BCUT2D eigenvalue weighted by Crippen LogP contribution is -2.60. The third-order valence-corrected chi connectivity index (χ3v) is 8.21. The van der Waals surface area contributed by atoms with Crippen LogP contribution in [0.25, 0.3) is 0 Å². The third-order valence-electron chi connectivity index (χ3n) is 7.47. The zero-order valence-corrected chi connectivity index (χ0v) is 22.4. The van der Waals surface area contributed by atoms with Gasteiger partial charge >= 0.3 is 0 Å². The van der Waals surface area contributed by atoms with Crippen molar-refractivity contribution in [1.29, 1.82) is 0 Å². The predicted octanol–water partition coefficient (Wildman–Crippen LogP) is 5.05. The van der Waals surface area contributed by atoms with Crippen molar-refractivity contribution in [1.82, 2.24) is 15.5 Å². The molecule has 0 saturated carbocycles. The first-order valence-corrected chi connectivity index (χ1v) is 13.5. The quantitative estimate of drug-likeness (QED) is 0.426. The maximum absolute atomic E-state index is 14.2. The molecule has 3 aromatic rings. The van der Waals surface area contributed by atoms with Crippen LogP contribution in [0.15, 0.2) is 66.7 Å². The van der Waals surface area contributed by atoms with Crippen LogP contribution in [0.5, 0.6) is 0 Å². The number of halogens is 4. The predicted molar refractivity (Wildman–Crippen MR) is 148 cm³/mol. The Hall–Kier alpha value is -2.71. The Morgan fingerprint density at radius 1 is 0.974 bits per heavy atom. The van der Waals surface area contributed by atoms with Crippen LogP contribution in [0.4, 0.5) is 14.5 Å². The zero-order valence-electron chi connectivity index (χ0n) is 20.9. The molecule has 9 heteroatoms. The topological polar surface area (TPSA) is 47.6 Å². The van der Waals surface area contributed by atoms with E-state index in [4.69, 9.17) is 23.2 Å². The van der Waals surface area contributed by atoms with E-state index in [-0.39, 0.29) is 18.5 Å². The second-order valence-electron chi connectivity index (χ2n) is 10.0. The molecule has 1 amide bonds. The summed E-state index contributed by atoms with van der Waals surface area (Å²) < 4.78 is 27.4. The highest BCUT2D eigenvalue weighted by Gasteiger charge is 2.47. The van der Waals surface area contributed by atoms with Gasteiger partial charge < -0.3 is 20.4 Å². The van der Waals surface area contributed by atoms with Crippen molar-refractivity contribution in [2.75, 3.05) is 37.6 Å². The molecule has 2 saturated heterocycles. The second kappa shape index (κ2) is 11.6. The van der Waals surface area contributed by atoms with E-state index in [2.05, 4.69) is 15.5 Å². The molecule has 2 atom stereocenters. The smallest absolute Gasteiger partial charge is 0.243 e. The van der Waals surface area contributed by atoms with Gasteiger partial charge in [-0.15, -0.1) is 0 Å². The zero-order chi connectivity index (χ0) is 26.7. The van der Waals surface area contributed by atoms with Crippen molar-refractivity contribution in [3.63, 3.8) is 0 Å². The molecule has 0 spiro atoms. The fourth-order valence-corrected chi connectivity index (χ4v) is 5.71. The minimum absolute atomic E-state index is 0.0374. The highest BCUT2D eigenvalue weighted by molar-refractivity contribution is 6.42. The molecule has 0 aromatic heterocycles. The molecule has 0 aliphatic carbocycles. The number of hydrogen-bond acceptors (Lipinski definition) is 4. The van der Waals surface area contributed by atoms with Crippen molar-refractivity contribution < 1.29 is 13.6 Å². The summed E-state index contributed by atoms with van der Waals surface area (Å²) in [7, 11) is 0. The van der Waals surface area contributed by atoms with Crippen molar-refractivity contribution >= 4 is 34.8 Å². The molecule has 2 aliphatic rings. The lowest BCUT2D eigenvalue weighted by molar-refractivity contribution is -0.138. The lowest BCUT2D eigenvalue weighted by atomic mass is 9.86. The van der Waals surface area contributed by atoms with E-state index in [0.717, 1.165) is 17.3 Å². The van der Waals surface area contributed by atoms with E-state index < -0.39 is 17.2 Å². The molecule has 200 valence electrons. The first-order chi connectivity index (χ1) is 18.3. The fraction of sp³-hybridized carbons (Fsp3) is 0.345. The normalized spacial score (nSPS) is 21.6. The Morgan fingerprint density at radius 3 is 2.45 bits per heavy atom. The molecule has 2 aliphatic heterocycles. The van der Waals surface area contributed by atoms with Crippen LogP contribution in [-0.4, -0.2) is 55.1 Å². The number of piperazine rings is 1. The summed E-state index contributed by atoms with van der Waals surface area (Å²) in [6, 6.07) is 19.2. The maximum atomic E-state index is 14.2. The molecular formula is C29H30Cl2F2N4O. The van der Waals surface area contributed by atoms with Gasteiger partial charge in [0.2, 0.25) is 5.91 Å². The van der Waals surface area contributed by atoms with Gasteiger partial charge in [0.25, 0.3) is 0 Å². The molecule has 5 nitrogen and oxygen atoms in total.